The molecule has 12 heavy (non-hydrogen) atoms. The highest BCUT2D eigenvalue weighted by Crippen LogP contribution is 2.32. The van der Waals surface area contributed by atoms with Crippen LogP contribution < -0.4 is 0 Å². The van der Waals surface area contributed by atoms with Crippen LogP contribution in [0.3, 0.4) is 0 Å². The molecule has 0 spiro atoms. The number of thiophene rings is 2. The summed E-state index contributed by atoms with van der Waals surface area (Å²) < 4.78 is 1.27. The maximum atomic E-state index is 10.4. The van der Waals surface area contributed by atoms with Crippen LogP contribution in [0.5, 0.6) is 0 Å². The molecule has 2 aromatic rings. The first kappa shape index (κ1) is 7.95. The van der Waals surface area contributed by atoms with E-state index in [1.165, 1.54) is 14.3 Å². The van der Waals surface area contributed by atoms with Crippen molar-refractivity contribution in [3.63, 3.8) is 0 Å². The van der Waals surface area contributed by atoms with Crippen molar-refractivity contribution in [3.05, 3.63) is 21.9 Å². The Morgan fingerprint density at radius 1 is 1.42 bits per heavy atom. The molecule has 0 unspecified atom stereocenters. The summed E-state index contributed by atoms with van der Waals surface area (Å²) in [4.78, 5) is 12.7. The predicted octanol–water partition coefficient (Wildman–Crippen LogP) is 3.34. The first-order valence-electron chi connectivity index (χ1n) is 3.81. The molecule has 3 heteroatoms. The lowest BCUT2D eigenvalue weighted by atomic mass is 10.3. The molecule has 0 saturated carbocycles. The number of aldehydes is 1. The molecule has 0 aliphatic heterocycles. The number of fused-ring (bicyclic) bond motifs is 1. The summed E-state index contributed by atoms with van der Waals surface area (Å²) in [6.07, 6.45) is 2.01. The highest BCUT2D eigenvalue weighted by molar-refractivity contribution is 7.38. The van der Waals surface area contributed by atoms with Gasteiger partial charge in [0, 0.05) is 10.3 Å². The van der Waals surface area contributed by atoms with Crippen LogP contribution in [0.25, 0.3) is 9.40 Å². The third-order valence-corrected chi connectivity index (χ3v) is 4.21. The van der Waals surface area contributed by atoms with E-state index in [2.05, 4.69) is 13.0 Å². The maximum absolute atomic E-state index is 10.4. The first-order valence-corrected chi connectivity index (χ1v) is 5.44. The molecule has 62 valence electrons. The summed E-state index contributed by atoms with van der Waals surface area (Å²) in [5.74, 6) is 0. The van der Waals surface area contributed by atoms with Crippen LogP contribution >= 0.6 is 22.7 Å². The van der Waals surface area contributed by atoms with Crippen LogP contribution in [-0.4, -0.2) is 6.29 Å². The summed E-state index contributed by atoms with van der Waals surface area (Å²) in [5, 5.41) is 1.23. The Hall–Kier alpha value is -0.670. The highest BCUT2D eigenvalue weighted by Gasteiger charge is 2.04. The van der Waals surface area contributed by atoms with E-state index in [0.717, 1.165) is 17.6 Å². The molecule has 0 amide bonds. The number of aryl methyl sites for hydroxylation is 1. The lowest BCUT2D eigenvalue weighted by Crippen LogP contribution is -1.67. The number of carbonyl (C=O) groups is 1. The van der Waals surface area contributed by atoms with Crippen molar-refractivity contribution >= 4 is 38.4 Å². The molecule has 2 aromatic heterocycles. The van der Waals surface area contributed by atoms with Crippen molar-refractivity contribution in [1.82, 2.24) is 0 Å². The predicted molar refractivity (Wildman–Crippen MR) is 54.5 cm³/mol. The van der Waals surface area contributed by atoms with Crippen molar-refractivity contribution in [3.8, 4) is 0 Å². The zero-order valence-corrected chi connectivity index (χ0v) is 8.30. The zero-order chi connectivity index (χ0) is 8.55. The number of rotatable bonds is 2. The van der Waals surface area contributed by atoms with Gasteiger partial charge in [0.15, 0.2) is 6.29 Å². The number of hydrogen-bond donors (Lipinski definition) is 0. The van der Waals surface area contributed by atoms with E-state index in [1.807, 2.05) is 6.07 Å². The monoisotopic (exact) mass is 196 g/mol. The Bertz CT molecular complexity index is 380. The van der Waals surface area contributed by atoms with Crippen LogP contribution in [-0.2, 0) is 6.42 Å². The van der Waals surface area contributed by atoms with E-state index in [-0.39, 0.29) is 0 Å². The number of hydrogen-bond acceptors (Lipinski definition) is 3. The molecule has 0 aliphatic carbocycles. The van der Waals surface area contributed by atoms with Crippen LogP contribution in [0.1, 0.15) is 21.5 Å². The Morgan fingerprint density at radius 3 is 2.83 bits per heavy atom. The van der Waals surface area contributed by atoms with E-state index < -0.39 is 0 Å². The normalized spacial score (nSPS) is 10.8. The van der Waals surface area contributed by atoms with E-state index in [1.54, 1.807) is 22.7 Å². The molecule has 2 heterocycles. The summed E-state index contributed by atoms with van der Waals surface area (Å²) >= 11 is 3.38. The molecule has 0 aliphatic rings. The van der Waals surface area contributed by atoms with Crippen LogP contribution in [0, 0.1) is 0 Å². The molecule has 0 saturated heterocycles. The second kappa shape index (κ2) is 2.99. The summed E-state index contributed by atoms with van der Waals surface area (Å²) in [5.41, 5.74) is 0. The van der Waals surface area contributed by atoms with Gasteiger partial charge in [0.2, 0.25) is 0 Å². The summed E-state index contributed by atoms with van der Waals surface area (Å²) in [7, 11) is 0. The molecular weight excluding hydrogens is 188 g/mol. The van der Waals surface area contributed by atoms with Crippen molar-refractivity contribution in [2.24, 2.45) is 0 Å². The molecular formula is C9H8OS2. The van der Waals surface area contributed by atoms with Gasteiger partial charge in [-0.05, 0) is 18.6 Å². The molecule has 0 atom stereocenters. The summed E-state index contributed by atoms with van der Waals surface area (Å²) in [6.45, 7) is 2.15. The largest absolute Gasteiger partial charge is 0.297 e. The maximum Gasteiger partial charge on any atom is 0.160 e. The fourth-order valence-corrected chi connectivity index (χ4v) is 3.41. The van der Waals surface area contributed by atoms with Gasteiger partial charge in [-0.15, -0.1) is 22.7 Å². The minimum Gasteiger partial charge on any atom is -0.297 e. The van der Waals surface area contributed by atoms with Gasteiger partial charge in [0.1, 0.15) is 0 Å². The van der Waals surface area contributed by atoms with Crippen molar-refractivity contribution in [2.75, 3.05) is 0 Å². The smallest absolute Gasteiger partial charge is 0.160 e. The molecule has 1 nitrogen and oxygen atoms in total. The quantitative estimate of drug-likeness (QED) is 0.673. The van der Waals surface area contributed by atoms with Gasteiger partial charge in [-0.25, -0.2) is 0 Å². The Morgan fingerprint density at radius 2 is 2.25 bits per heavy atom. The number of carbonyl (C=O) groups excluding carboxylic acids is 1. The Balaban J connectivity index is 2.58. The molecule has 2 rings (SSSR count). The fraction of sp³-hybridized carbons (Fsp3) is 0.222. The first-order chi connectivity index (χ1) is 5.83. The highest BCUT2D eigenvalue weighted by atomic mass is 32.2. The van der Waals surface area contributed by atoms with E-state index in [4.69, 9.17) is 0 Å². The Labute approximate surface area is 78.7 Å². The third-order valence-electron chi connectivity index (χ3n) is 1.75. The molecule has 0 N–H and O–H groups in total. The topological polar surface area (TPSA) is 17.1 Å². The van der Waals surface area contributed by atoms with Crippen molar-refractivity contribution in [2.45, 2.75) is 13.3 Å². The molecule has 0 aromatic carbocycles. The average Bonchev–Trinajstić information content (AvgIpc) is 2.59. The van der Waals surface area contributed by atoms with Gasteiger partial charge >= 0.3 is 0 Å². The van der Waals surface area contributed by atoms with E-state index >= 15 is 0 Å². The molecule has 0 bridgehead atoms. The SMILES string of the molecule is CCc1cc2cc(C=O)sc2s1. The minimum absolute atomic E-state index is 0.832. The van der Waals surface area contributed by atoms with E-state index in [0.29, 0.717) is 0 Å². The standard InChI is InChI=1S/C9H8OS2/c1-2-7-3-6-4-8(5-10)12-9(6)11-7/h3-5H,2H2,1H3. The van der Waals surface area contributed by atoms with Gasteiger partial charge in [-0.3, -0.25) is 4.79 Å². The van der Waals surface area contributed by atoms with Gasteiger partial charge in [0.25, 0.3) is 0 Å². The molecule has 0 radical (unpaired) electrons. The van der Waals surface area contributed by atoms with Crippen LogP contribution in [0.15, 0.2) is 12.1 Å². The summed E-state index contributed by atoms with van der Waals surface area (Å²) in [6, 6.07) is 4.13. The molecule has 0 fully saturated rings. The van der Waals surface area contributed by atoms with Crippen LogP contribution in [0.4, 0.5) is 0 Å². The second-order valence-electron chi connectivity index (χ2n) is 2.58. The minimum atomic E-state index is 0.832. The van der Waals surface area contributed by atoms with E-state index in [9.17, 15) is 4.79 Å². The zero-order valence-electron chi connectivity index (χ0n) is 6.66. The second-order valence-corrected chi connectivity index (χ2v) is 5.05. The lowest BCUT2D eigenvalue weighted by Gasteiger charge is -1.81. The Kier molecular flexibility index (Phi) is 1.98. The average molecular weight is 196 g/mol. The van der Waals surface area contributed by atoms with Crippen molar-refractivity contribution in [1.29, 1.82) is 0 Å². The van der Waals surface area contributed by atoms with Gasteiger partial charge < -0.3 is 0 Å². The lowest BCUT2D eigenvalue weighted by molar-refractivity contribution is 0.112. The van der Waals surface area contributed by atoms with Gasteiger partial charge in [-0.1, -0.05) is 6.92 Å². The van der Waals surface area contributed by atoms with Crippen LogP contribution in [0.2, 0.25) is 0 Å². The van der Waals surface area contributed by atoms with Gasteiger partial charge in [-0.2, -0.15) is 0 Å². The third kappa shape index (κ3) is 1.19. The van der Waals surface area contributed by atoms with Gasteiger partial charge in [0.05, 0.1) is 8.89 Å². The fourth-order valence-electron chi connectivity index (χ4n) is 1.14. The van der Waals surface area contributed by atoms with Crippen molar-refractivity contribution < 1.29 is 4.79 Å².